The molecule has 1 saturated carbocycles. The number of carbonyl (C=O) groups is 2. The van der Waals surface area contributed by atoms with Crippen molar-refractivity contribution in [3.63, 3.8) is 0 Å². The lowest BCUT2D eigenvalue weighted by atomic mass is 10.1. The number of hydrogen-bond donors (Lipinski definition) is 3. The lowest BCUT2D eigenvalue weighted by Crippen LogP contribution is -2.52. The zero-order chi connectivity index (χ0) is 23.0. The number of aryl methyl sites for hydroxylation is 2. The molecule has 1 atom stereocenters. The van der Waals surface area contributed by atoms with Crippen LogP contribution in [0, 0.1) is 0 Å². The van der Waals surface area contributed by atoms with E-state index in [1.807, 2.05) is 0 Å². The van der Waals surface area contributed by atoms with E-state index in [2.05, 4.69) is 27.7 Å². The number of anilines is 1. The fraction of sp³-hybridized carbons (Fsp3) is 0.708. The first-order valence-electron chi connectivity index (χ1n) is 12.4. The van der Waals surface area contributed by atoms with Crippen LogP contribution in [0.25, 0.3) is 0 Å². The summed E-state index contributed by atoms with van der Waals surface area (Å²) in [5.41, 5.74) is 2.46. The predicted octanol–water partition coefficient (Wildman–Crippen LogP) is 2.11. The van der Waals surface area contributed by atoms with E-state index in [0.29, 0.717) is 45.3 Å². The third-order valence-corrected chi connectivity index (χ3v) is 6.74. The maximum atomic E-state index is 12.4. The normalized spacial score (nSPS) is 19.0. The molecule has 2 aliphatic heterocycles. The van der Waals surface area contributed by atoms with Crippen LogP contribution in [0.15, 0.2) is 12.1 Å². The summed E-state index contributed by atoms with van der Waals surface area (Å²) in [6, 6.07) is 3.74. The van der Waals surface area contributed by atoms with Crippen LogP contribution in [0.4, 0.5) is 10.6 Å². The summed E-state index contributed by atoms with van der Waals surface area (Å²) in [7, 11) is 0. The Morgan fingerprint density at radius 3 is 2.82 bits per heavy atom. The van der Waals surface area contributed by atoms with Gasteiger partial charge in [0.2, 0.25) is 0 Å². The number of unbranched alkanes of at least 4 members (excludes halogenated alkanes) is 1. The van der Waals surface area contributed by atoms with Gasteiger partial charge in [-0.1, -0.05) is 6.07 Å². The number of carboxylic acid groups (broad SMARTS) is 1. The molecule has 182 valence electrons. The number of rotatable bonds is 11. The Morgan fingerprint density at radius 1 is 1.24 bits per heavy atom. The first kappa shape index (κ1) is 23.8. The molecule has 1 aliphatic carbocycles. The van der Waals surface area contributed by atoms with Crippen LogP contribution in [-0.4, -0.2) is 89.9 Å². The number of urea groups is 1. The van der Waals surface area contributed by atoms with Crippen molar-refractivity contribution in [3.8, 4) is 0 Å². The van der Waals surface area contributed by atoms with Gasteiger partial charge < -0.3 is 30.3 Å². The number of aliphatic carboxylic acids is 1. The van der Waals surface area contributed by atoms with Crippen LogP contribution in [0.3, 0.4) is 0 Å². The van der Waals surface area contributed by atoms with Crippen molar-refractivity contribution in [2.75, 3.05) is 51.3 Å². The van der Waals surface area contributed by atoms with Gasteiger partial charge in [-0.2, -0.15) is 0 Å². The van der Waals surface area contributed by atoms with Crippen LogP contribution < -0.4 is 10.6 Å². The molecule has 3 N–H and O–H groups in total. The molecule has 4 rings (SSSR count). The van der Waals surface area contributed by atoms with E-state index in [4.69, 9.17) is 9.72 Å². The van der Waals surface area contributed by atoms with Crippen molar-refractivity contribution in [2.24, 2.45) is 0 Å². The summed E-state index contributed by atoms with van der Waals surface area (Å²) in [4.78, 5) is 33.0. The Labute approximate surface area is 195 Å². The fourth-order valence-electron chi connectivity index (χ4n) is 4.60. The smallest absolute Gasteiger partial charge is 0.326 e. The Hall–Kier alpha value is -2.39. The first-order valence-corrected chi connectivity index (χ1v) is 12.4. The number of nitrogens with zero attached hydrogens (tertiary/aromatic N) is 3. The number of fused-ring (bicyclic) bond motifs is 1. The van der Waals surface area contributed by atoms with Crippen molar-refractivity contribution < 1.29 is 19.4 Å². The number of carboxylic acids is 1. The van der Waals surface area contributed by atoms with Crippen LogP contribution in [-0.2, 0) is 22.4 Å². The highest BCUT2D eigenvalue weighted by atomic mass is 16.5. The van der Waals surface area contributed by atoms with Crippen LogP contribution >= 0.6 is 0 Å². The number of amides is 2. The van der Waals surface area contributed by atoms with Gasteiger partial charge >= 0.3 is 12.0 Å². The Balaban J connectivity index is 1.20. The molecule has 2 fully saturated rings. The lowest BCUT2D eigenvalue weighted by molar-refractivity contribution is -0.139. The molecule has 0 bridgehead atoms. The average molecular weight is 460 g/mol. The highest BCUT2D eigenvalue weighted by molar-refractivity contribution is 5.82. The average Bonchev–Trinajstić information content (AvgIpc) is 3.68. The molecular weight excluding hydrogens is 422 g/mol. The van der Waals surface area contributed by atoms with Crippen molar-refractivity contribution >= 4 is 17.8 Å². The molecule has 0 radical (unpaired) electrons. The minimum absolute atomic E-state index is 0.310. The van der Waals surface area contributed by atoms with Gasteiger partial charge in [-0.3, -0.25) is 0 Å². The van der Waals surface area contributed by atoms with Crippen molar-refractivity contribution in [3.05, 3.63) is 23.4 Å². The molecule has 9 nitrogen and oxygen atoms in total. The summed E-state index contributed by atoms with van der Waals surface area (Å²) in [5, 5.41) is 15.7. The van der Waals surface area contributed by atoms with Gasteiger partial charge in [0.05, 0.1) is 13.2 Å². The van der Waals surface area contributed by atoms with E-state index < -0.39 is 12.0 Å². The minimum Gasteiger partial charge on any atom is -0.480 e. The van der Waals surface area contributed by atoms with Crippen LogP contribution in [0.2, 0.25) is 0 Å². The summed E-state index contributed by atoms with van der Waals surface area (Å²) in [5.74, 6) is 0.0802. The van der Waals surface area contributed by atoms with E-state index in [1.54, 1.807) is 4.90 Å². The van der Waals surface area contributed by atoms with Crippen molar-refractivity contribution in [2.45, 2.75) is 63.5 Å². The van der Waals surface area contributed by atoms with Gasteiger partial charge in [-0.05, 0) is 69.5 Å². The zero-order valence-electron chi connectivity index (χ0n) is 19.4. The molecule has 3 aliphatic rings. The number of ether oxygens (including phenoxy) is 1. The quantitative estimate of drug-likeness (QED) is 0.435. The van der Waals surface area contributed by atoms with E-state index in [0.717, 1.165) is 50.3 Å². The maximum Gasteiger partial charge on any atom is 0.326 e. The monoisotopic (exact) mass is 459 g/mol. The van der Waals surface area contributed by atoms with Crippen molar-refractivity contribution in [1.82, 2.24) is 20.1 Å². The SMILES string of the molecule is O=C(O)C(CCN(CCCCc1ccc2c(n1)NCCC2)C1CC1)NC(=O)N1CCOCC1. The van der Waals surface area contributed by atoms with Crippen LogP contribution in [0.1, 0.15) is 49.8 Å². The molecule has 9 heteroatoms. The second kappa shape index (κ2) is 11.7. The van der Waals surface area contributed by atoms with Crippen LogP contribution in [0.5, 0.6) is 0 Å². The number of pyridine rings is 1. The molecule has 1 saturated heterocycles. The molecule has 33 heavy (non-hydrogen) atoms. The van der Waals surface area contributed by atoms with Gasteiger partial charge in [-0.25, -0.2) is 14.6 Å². The second-order valence-electron chi connectivity index (χ2n) is 9.29. The maximum absolute atomic E-state index is 12.4. The topological polar surface area (TPSA) is 107 Å². The summed E-state index contributed by atoms with van der Waals surface area (Å²) < 4.78 is 5.26. The number of aromatic nitrogens is 1. The summed E-state index contributed by atoms with van der Waals surface area (Å²) in [6.07, 6.45) is 8.12. The third-order valence-electron chi connectivity index (χ3n) is 6.74. The van der Waals surface area contributed by atoms with Gasteiger partial charge in [0.15, 0.2) is 0 Å². The van der Waals surface area contributed by atoms with E-state index in [-0.39, 0.29) is 6.03 Å². The van der Waals surface area contributed by atoms with E-state index in [9.17, 15) is 14.7 Å². The third kappa shape index (κ3) is 7.04. The minimum atomic E-state index is -0.973. The standard InChI is InChI=1S/C24H37N5O4/c30-23(31)21(27-24(32)29-14-16-33-17-15-29)10-13-28(20-8-9-20)12-2-1-5-19-7-6-18-4-3-11-25-22(18)26-19/h6-7,20-21H,1-5,8-17H2,(H,25,26)(H,27,32)(H,30,31). The number of morpholine rings is 1. The van der Waals surface area contributed by atoms with Gasteiger partial charge in [0.25, 0.3) is 0 Å². The van der Waals surface area contributed by atoms with Gasteiger partial charge in [-0.15, -0.1) is 0 Å². The zero-order valence-corrected chi connectivity index (χ0v) is 19.4. The van der Waals surface area contributed by atoms with Gasteiger partial charge in [0, 0.05) is 37.9 Å². The second-order valence-corrected chi connectivity index (χ2v) is 9.29. The van der Waals surface area contributed by atoms with Gasteiger partial charge in [0.1, 0.15) is 11.9 Å². The van der Waals surface area contributed by atoms with E-state index in [1.165, 1.54) is 24.8 Å². The first-order chi connectivity index (χ1) is 16.1. The molecule has 0 spiro atoms. The largest absolute Gasteiger partial charge is 0.480 e. The van der Waals surface area contributed by atoms with E-state index >= 15 is 0 Å². The summed E-state index contributed by atoms with van der Waals surface area (Å²) >= 11 is 0. The number of carbonyl (C=O) groups excluding carboxylic acids is 1. The molecule has 1 aromatic heterocycles. The molecule has 2 amide bonds. The Bertz CT molecular complexity index is 810. The Kier molecular flexibility index (Phi) is 8.39. The number of hydrogen-bond acceptors (Lipinski definition) is 6. The molecule has 1 unspecified atom stereocenters. The predicted molar refractivity (Wildman–Crippen MR) is 126 cm³/mol. The van der Waals surface area contributed by atoms with Crippen molar-refractivity contribution in [1.29, 1.82) is 0 Å². The fourth-order valence-corrected chi connectivity index (χ4v) is 4.60. The lowest BCUT2D eigenvalue weighted by Gasteiger charge is -2.29. The molecule has 0 aromatic carbocycles. The Morgan fingerprint density at radius 2 is 2.06 bits per heavy atom. The molecule has 1 aromatic rings. The number of nitrogens with one attached hydrogen (secondary N) is 2. The highest BCUT2D eigenvalue weighted by Crippen LogP contribution is 2.27. The molecular formula is C24H37N5O4. The summed E-state index contributed by atoms with van der Waals surface area (Å²) in [6.45, 7) is 4.65. The highest BCUT2D eigenvalue weighted by Gasteiger charge is 2.30. The molecule has 3 heterocycles.